The van der Waals surface area contributed by atoms with E-state index in [-0.39, 0.29) is 29.1 Å². The molecule has 1 saturated heterocycles. The molecule has 1 atom stereocenters. The molecule has 8 heteroatoms. The highest BCUT2D eigenvalue weighted by molar-refractivity contribution is 7.91. The van der Waals surface area contributed by atoms with Crippen molar-refractivity contribution in [2.24, 2.45) is 0 Å². The van der Waals surface area contributed by atoms with E-state index in [9.17, 15) is 13.2 Å². The summed E-state index contributed by atoms with van der Waals surface area (Å²) < 4.78 is 23.5. The summed E-state index contributed by atoms with van der Waals surface area (Å²) in [5.41, 5.74) is 3.07. The fourth-order valence-electron chi connectivity index (χ4n) is 3.46. The number of nitrogens with one attached hydrogen (secondary N) is 1. The average Bonchev–Trinajstić information content (AvgIpc) is 2.95. The van der Waals surface area contributed by atoms with Gasteiger partial charge in [0.25, 0.3) is 5.91 Å². The molecule has 1 N–H and O–H groups in total. The number of anilines is 2. The minimum Gasteiger partial charge on any atom is -0.352 e. The Labute approximate surface area is 159 Å². The molecule has 2 aromatic rings. The molecular formula is C19H24N4O3S. The van der Waals surface area contributed by atoms with Gasteiger partial charge in [-0.05, 0) is 50.5 Å². The Hall–Kier alpha value is -2.48. The standard InChI is InChI=1S/C19H24N4O3S/c1-4-23(16-5-6-27(25,26)12-16)18-11-20-17(10-21-18)19(24)22-15-8-13(2)7-14(3)9-15/h7-11,16H,4-6,12H2,1-3H3,(H,22,24). The maximum absolute atomic E-state index is 12.4. The third kappa shape index (κ3) is 4.63. The maximum atomic E-state index is 12.4. The highest BCUT2D eigenvalue weighted by atomic mass is 32.2. The van der Waals surface area contributed by atoms with Gasteiger partial charge in [0, 0.05) is 18.3 Å². The quantitative estimate of drug-likeness (QED) is 0.845. The first-order valence-electron chi connectivity index (χ1n) is 8.96. The lowest BCUT2D eigenvalue weighted by Crippen LogP contribution is -2.36. The number of hydrogen-bond donors (Lipinski definition) is 1. The Morgan fingerprint density at radius 2 is 1.89 bits per heavy atom. The Balaban J connectivity index is 1.73. The molecule has 144 valence electrons. The van der Waals surface area contributed by atoms with E-state index >= 15 is 0 Å². The highest BCUT2D eigenvalue weighted by Gasteiger charge is 2.32. The first kappa shape index (κ1) is 19.3. The van der Waals surface area contributed by atoms with E-state index in [4.69, 9.17) is 0 Å². The second-order valence-corrected chi connectivity index (χ2v) is 9.16. The molecule has 27 heavy (non-hydrogen) atoms. The summed E-state index contributed by atoms with van der Waals surface area (Å²) in [7, 11) is -2.98. The molecular weight excluding hydrogens is 364 g/mol. The lowest BCUT2D eigenvalue weighted by atomic mass is 10.1. The van der Waals surface area contributed by atoms with Crippen molar-refractivity contribution in [3.8, 4) is 0 Å². The van der Waals surface area contributed by atoms with Crippen LogP contribution in [0.5, 0.6) is 0 Å². The van der Waals surface area contributed by atoms with Gasteiger partial charge in [-0.25, -0.2) is 18.4 Å². The number of rotatable bonds is 5. The number of benzene rings is 1. The van der Waals surface area contributed by atoms with Gasteiger partial charge in [0.1, 0.15) is 11.5 Å². The molecule has 0 radical (unpaired) electrons. The summed E-state index contributed by atoms with van der Waals surface area (Å²) in [4.78, 5) is 22.9. The monoisotopic (exact) mass is 388 g/mol. The van der Waals surface area contributed by atoms with E-state index in [2.05, 4.69) is 15.3 Å². The SMILES string of the molecule is CCN(c1cnc(C(=O)Nc2cc(C)cc(C)c2)cn1)C1CCS(=O)(=O)C1. The van der Waals surface area contributed by atoms with Crippen LogP contribution < -0.4 is 10.2 Å². The van der Waals surface area contributed by atoms with E-state index in [0.717, 1.165) is 16.8 Å². The van der Waals surface area contributed by atoms with Crippen molar-refractivity contribution in [1.82, 2.24) is 9.97 Å². The molecule has 1 aliphatic heterocycles. The number of amides is 1. The van der Waals surface area contributed by atoms with Crippen LogP contribution in [0.2, 0.25) is 0 Å². The molecule has 7 nitrogen and oxygen atoms in total. The predicted molar refractivity (Wildman–Crippen MR) is 106 cm³/mol. The number of nitrogens with zero attached hydrogens (tertiary/aromatic N) is 3. The molecule has 2 heterocycles. The molecule has 1 amide bonds. The van der Waals surface area contributed by atoms with Gasteiger partial charge in [-0.1, -0.05) is 6.07 Å². The number of carbonyl (C=O) groups excluding carboxylic acids is 1. The predicted octanol–water partition coefficient (Wildman–Crippen LogP) is 2.36. The molecule has 1 fully saturated rings. The highest BCUT2D eigenvalue weighted by Crippen LogP contribution is 2.22. The lowest BCUT2D eigenvalue weighted by Gasteiger charge is -2.27. The van der Waals surface area contributed by atoms with Gasteiger partial charge in [-0.3, -0.25) is 4.79 Å². The molecule has 0 saturated carbocycles. The van der Waals surface area contributed by atoms with Gasteiger partial charge in [0.15, 0.2) is 9.84 Å². The molecule has 1 aliphatic rings. The van der Waals surface area contributed by atoms with Crippen LogP contribution in [0.15, 0.2) is 30.6 Å². The van der Waals surface area contributed by atoms with Crippen LogP contribution in [0.4, 0.5) is 11.5 Å². The summed E-state index contributed by atoms with van der Waals surface area (Å²) in [6, 6.07) is 5.73. The van der Waals surface area contributed by atoms with Crippen LogP contribution in [0.25, 0.3) is 0 Å². The fraction of sp³-hybridized carbons (Fsp3) is 0.421. The van der Waals surface area contributed by atoms with Gasteiger partial charge in [-0.2, -0.15) is 0 Å². The fourth-order valence-corrected chi connectivity index (χ4v) is 5.19. The zero-order chi connectivity index (χ0) is 19.6. The number of aromatic nitrogens is 2. The number of sulfone groups is 1. The summed E-state index contributed by atoms with van der Waals surface area (Å²) in [5.74, 6) is 0.600. The van der Waals surface area contributed by atoms with E-state index in [1.54, 1.807) is 0 Å². The minimum atomic E-state index is -2.98. The van der Waals surface area contributed by atoms with Crippen LogP contribution in [0.1, 0.15) is 35.0 Å². The lowest BCUT2D eigenvalue weighted by molar-refractivity contribution is 0.102. The Morgan fingerprint density at radius 1 is 1.19 bits per heavy atom. The third-order valence-corrected chi connectivity index (χ3v) is 6.38. The average molecular weight is 388 g/mol. The Morgan fingerprint density at radius 3 is 2.41 bits per heavy atom. The minimum absolute atomic E-state index is 0.0933. The second-order valence-electron chi connectivity index (χ2n) is 6.93. The van der Waals surface area contributed by atoms with Gasteiger partial charge in [0.05, 0.1) is 23.9 Å². The topological polar surface area (TPSA) is 92.3 Å². The van der Waals surface area contributed by atoms with Crippen LogP contribution in [0.3, 0.4) is 0 Å². The molecule has 0 aliphatic carbocycles. The molecule has 1 unspecified atom stereocenters. The zero-order valence-electron chi connectivity index (χ0n) is 15.8. The van der Waals surface area contributed by atoms with Gasteiger partial charge in [-0.15, -0.1) is 0 Å². The normalized spacial score (nSPS) is 18.3. The third-order valence-electron chi connectivity index (χ3n) is 4.63. The van der Waals surface area contributed by atoms with Crippen molar-refractivity contribution >= 4 is 27.2 Å². The molecule has 0 bridgehead atoms. The number of hydrogen-bond acceptors (Lipinski definition) is 6. The maximum Gasteiger partial charge on any atom is 0.275 e. The first-order chi connectivity index (χ1) is 12.8. The summed E-state index contributed by atoms with van der Waals surface area (Å²) in [6.45, 7) is 6.52. The van der Waals surface area contributed by atoms with Crippen LogP contribution in [-0.2, 0) is 9.84 Å². The molecule has 1 aromatic heterocycles. The first-order valence-corrected chi connectivity index (χ1v) is 10.8. The summed E-state index contributed by atoms with van der Waals surface area (Å²) in [6.07, 6.45) is 3.55. The van der Waals surface area contributed by atoms with E-state index in [1.807, 2.05) is 43.9 Å². The Bertz CT molecular complexity index is 922. The Kier molecular flexibility index (Phi) is 5.46. The van der Waals surface area contributed by atoms with Crippen LogP contribution in [0, 0.1) is 13.8 Å². The van der Waals surface area contributed by atoms with Crippen molar-refractivity contribution in [1.29, 1.82) is 0 Å². The van der Waals surface area contributed by atoms with E-state index in [1.165, 1.54) is 12.4 Å². The van der Waals surface area contributed by atoms with Crippen molar-refractivity contribution < 1.29 is 13.2 Å². The van der Waals surface area contributed by atoms with Crippen molar-refractivity contribution in [2.75, 3.05) is 28.3 Å². The van der Waals surface area contributed by atoms with Gasteiger partial charge >= 0.3 is 0 Å². The van der Waals surface area contributed by atoms with E-state index < -0.39 is 9.84 Å². The number of aryl methyl sites for hydroxylation is 2. The molecule has 1 aromatic carbocycles. The smallest absolute Gasteiger partial charge is 0.275 e. The largest absolute Gasteiger partial charge is 0.352 e. The second kappa shape index (κ2) is 7.64. The molecule has 3 rings (SSSR count). The zero-order valence-corrected chi connectivity index (χ0v) is 16.6. The molecule has 0 spiro atoms. The number of carbonyl (C=O) groups is 1. The van der Waals surface area contributed by atoms with Crippen molar-refractivity contribution in [3.05, 3.63) is 47.4 Å². The summed E-state index contributed by atoms with van der Waals surface area (Å²) >= 11 is 0. The van der Waals surface area contributed by atoms with E-state index in [0.29, 0.717) is 18.8 Å². The van der Waals surface area contributed by atoms with Crippen LogP contribution in [-0.4, -0.2) is 48.4 Å². The van der Waals surface area contributed by atoms with Crippen molar-refractivity contribution in [3.63, 3.8) is 0 Å². The summed E-state index contributed by atoms with van der Waals surface area (Å²) in [5, 5.41) is 2.83. The van der Waals surface area contributed by atoms with Gasteiger partial charge in [0.2, 0.25) is 0 Å². The van der Waals surface area contributed by atoms with Crippen molar-refractivity contribution in [2.45, 2.75) is 33.2 Å². The van der Waals surface area contributed by atoms with Gasteiger partial charge < -0.3 is 10.2 Å². The van der Waals surface area contributed by atoms with Crippen LogP contribution >= 0.6 is 0 Å².